The number of halogens is 3. The van der Waals surface area contributed by atoms with Crippen LogP contribution in [-0.4, -0.2) is 46.6 Å². The Kier molecular flexibility index (Phi) is 6.10. The lowest BCUT2D eigenvalue weighted by atomic mass is 9.57. The molecule has 7 rings (SSSR count). The van der Waals surface area contributed by atoms with Crippen molar-refractivity contribution < 1.29 is 37.6 Å². The smallest absolute Gasteiger partial charge is 0.388 e. The van der Waals surface area contributed by atoms with E-state index in [9.17, 15) is 23.4 Å². The molecule has 210 valence electrons. The summed E-state index contributed by atoms with van der Waals surface area (Å²) in [6, 6.07) is 2.43. The Hall–Kier alpha value is -2.11. The fourth-order valence-corrected chi connectivity index (χ4v) is 7.58. The highest BCUT2D eigenvalue weighted by Crippen LogP contribution is 2.63. The van der Waals surface area contributed by atoms with Crippen molar-refractivity contribution in [3.8, 4) is 0 Å². The number of aliphatic hydroxyl groups excluding tert-OH is 2. The van der Waals surface area contributed by atoms with E-state index in [0.29, 0.717) is 62.6 Å². The highest BCUT2D eigenvalue weighted by Gasteiger charge is 2.57. The fourth-order valence-electron chi connectivity index (χ4n) is 7.58. The van der Waals surface area contributed by atoms with Crippen LogP contribution in [-0.2, 0) is 26.0 Å². The third-order valence-corrected chi connectivity index (χ3v) is 9.81. The molecule has 3 fully saturated rings. The minimum absolute atomic E-state index is 0.0388. The van der Waals surface area contributed by atoms with Crippen molar-refractivity contribution in [2.24, 2.45) is 5.41 Å². The number of hydrogen-bond acceptors (Lipinski definition) is 7. The summed E-state index contributed by atoms with van der Waals surface area (Å²) in [4.78, 5) is 9.38. The lowest BCUT2D eigenvalue weighted by Gasteiger charge is -2.51. The van der Waals surface area contributed by atoms with Crippen LogP contribution in [0.15, 0.2) is 18.3 Å². The van der Waals surface area contributed by atoms with Gasteiger partial charge in [-0.3, -0.25) is 9.97 Å². The molecule has 2 aromatic rings. The van der Waals surface area contributed by atoms with Crippen LogP contribution in [0.25, 0.3) is 0 Å². The lowest BCUT2D eigenvalue weighted by Crippen LogP contribution is -2.43. The molecule has 2 N–H and O–H groups in total. The molecule has 0 bridgehead atoms. The van der Waals surface area contributed by atoms with Gasteiger partial charge in [0.25, 0.3) is 0 Å². The number of ether oxygens (including phenoxy) is 3. The molecule has 2 spiro atoms. The average molecular weight is 547 g/mol. The summed E-state index contributed by atoms with van der Waals surface area (Å²) in [5.74, 6) is 0.0388. The van der Waals surface area contributed by atoms with Crippen LogP contribution in [0, 0.1) is 5.41 Å². The first-order valence-electron chi connectivity index (χ1n) is 14.0. The predicted molar refractivity (Wildman–Crippen MR) is 132 cm³/mol. The number of fused-ring (bicyclic) bond motifs is 4. The van der Waals surface area contributed by atoms with Crippen molar-refractivity contribution in [2.75, 3.05) is 26.4 Å². The van der Waals surface area contributed by atoms with Crippen LogP contribution in [0.2, 0.25) is 0 Å². The van der Waals surface area contributed by atoms with Gasteiger partial charge in [-0.2, -0.15) is 13.2 Å². The van der Waals surface area contributed by atoms with E-state index < -0.39 is 35.7 Å². The Morgan fingerprint density at radius 2 is 1.62 bits per heavy atom. The quantitative estimate of drug-likeness (QED) is 0.538. The summed E-state index contributed by atoms with van der Waals surface area (Å²) in [5.41, 5.74) is 2.02. The fraction of sp³-hybridized carbons (Fsp3) is 0.655. The first-order valence-corrected chi connectivity index (χ1v) is 14.0. The van der Waals surface area contributed by atoms with Crippen molar-refractivity contribution in [1.82, 2.24) is 9.97 Å². The van der Waals surface area contributed by atoms with Gasteiger partial charge in [0, 0.05) is 67.9 Å². The van der Waals surface area contributed by atoms with Crippen molar-refractivity contribution in [2.45, 2.75) is 87.4 Å². The Labute approximate surface area is 224 Å². The monoisotopic (exact) mass is 546 g/mol. The van der Waals surface area contributed by atoms with Gasteiger partial charge in [0.05, 0.1) is 34.4 Å². The van der Waals surface area contributed by atoms with Crippen molar-refractivity contribution in [3.63, 3.8) is 0 Å². The number of nitrogens with zero attached hydrogens (tertiary/aromatic N) is 2. The van der Waals surface area contributed by atoms with Gasteiger partial charge in [0.15, 0.2) is 0 Å². The first-order chi connectivity index (χ1) is 18.7. The van der Waals surface area contributed by atoms with Crippen molar-refractivity contribution in [1.29, 1.82) is 0 Å². The van der Waals surface area contributed by atoms with Crippen molar-refractivity contribution >= 4 is 0 Å². The van der Waals surface area contributed by atoms with Crippen LogP contribution in [0.3, 0.4) is 0 Å². The number of pyridine rings is 2. The Morgan fingerprint density at radius 1 is 0.897 bits per heavy atom. The van der Waals surface area contributed by atoms with Gasteiger partial charge in [0.2, 0.25) is 0 Å². The average Bonchev–Trinajstić information content (AvgIpc) is 3.23. The Bertz CT molecular complexity index is 1250. The maximum Gasteiger partial charge on any atom is 0.417 e. The van der Waals surface area contributed by atoms with E-state index in [4.69, 9.17) is 19.2 Å². The SMILES string of the molecule is OC1CC2(CCC2)[C@@H](O)c2nc(C3CCOCC3)c3c(c21)C1(CCOCC1)OC3c1ccc(C(F)(F)F)cn1. The van der Waals surface area contributed by atoms with Crippen LogP contribution in [0.5, 0.6) is 0 Å². The summed E-state index contributed by atoms with van der Waals surface area (Å²) < 4.78 is 58.2. The van der Waals surface area contributed by atoms with Crippen LogP contribution in [0.1, 0.15) is 115 Å². The highest BCUT2D eigenvalue weighted by atomic mass is 19.4. The number of aromatic nitrogens is 2. The zero-order chi connectivity index (χ0) is 27.0. The molecule has 2 saturated heterocycles. The summed E-state index contributed by atoms with van der Waals surface area (Å²) in [6.45, 7) is 2.07. The third kappa shape index (κ3) is 3.97. The van der Waals surface area contributed by atoms with Gasteiger partial charge >= 0.3 is 6.18 Å². The minimum atomic E-state index is -4.49. The van der Waals surface area contributed by atoms with Crippen molar-refractivity contribution in [3.05, 3.63) is 57.7 Å². The Morgan fingerprint density at radius 3 is 2.23 bits per heavy atom. The number of hydrogen-bond donors (Lipinski definition) is 2. The molecule has 1 saturated carbocycles. The molecule has 2 aromatic heterocycles. The normalized spacial score (nSPS) is 29.7. The second-order valence-corrected chi connectivity index (χ2v) is 11.9. The third-order valence-electron chi connectivity index (χ3n) is 9.81. The van der Waals surface area contributed by atoms with E-state index in [-0.39, 0.29) is 11.3 Å². The molecule has 3 aliphatic heterocycles. The van der Waals surface area contributed by atoms with Gasteiger partial charge in [0.1, 0.15) is 12.2 Å². The van der Waals surface area contributed by atoms with Gasteiger partial charge in [-0.05, 0) is 49.8 Å². The second-order valence-electron chi connectivity index (χ2n) is 11.9. The van der Waals surface area contributed by atoms with E-state index in [2.05, 4.69) is 4.98 Å². The molecule has 5 heterocycles. The van der Waals surface area contributed by atoms with Crippen LogP contribution in [0.4, 0.5) is 13.2 Å². The van der Waals surface area contributed by atoms with Crippen LogP contribution < -0.4 is 0 Å². The zero-order valence-corrected chi connectivity index (χ0v) is 21.7. The zero-order valence-electron chi connectivity index (χ0n) is 21.7. The molecule has 0 radical (unpaired) electrons. The maximum absolute atomic E-state index is 13.3. The van der Waals surface area contributed by atoms with Gasteiger partial charge in [-0.1, -0.05) is 6.42 Å². The van der Waals surface area contributed by atoms with Gasteiger partial charge in [-0.15, -0.1) is 0 Å². The maximum atomic E-state index is 13.3. The molecular formula is C29H33F3N2O5. The molecule has 0 amide bonds. The van der Waals surface area contributed by atoms with Crippen LogP contribution >= 0.6 is 0 Å². The van der Waals surface area contributed by atoms with Gasteiger partial charge < -0.3 is 24.4 Å². The standard InChI is InChI=1S/C29H33F3N2O5/c30-29(31,32)17-2-3-18(33-15-17)25-21-22(28(39-25)8-12-38-13-9-28)20-19(35)14-27(6-1-7-27)26(36)24(20)34-23(21)16-4-10-37-11-5-16/h2-3,15-16,19,25-26,35-36H,1,4-14H2/t19?,25?,26-/m0/s1. The minimum Gasteiger partial charge on any atom is -0.388 e. The molecule has 39 heavy (non-hydrogen) atoms. The molecule has 3 atom stereocenters. The van der Waals surface area contributed by atoms with E-state index in [1.54, 1.807) is 0 Å². The number of rotatable bonds is 2. The molecule has 0 aromatic carbocycles. The van der Waals surface area contributed by atoms with E-state index in [0.717, 1.165) is 61.2 Å². The molecule has 2 aliphatic carbocycles. The summed E-state index contributed by atoms with van der Waals surface area (Å²) in [5, 5.41) is 23.3. The summed E-state index contributed by atoms with van der Waals surface area (Å²) >= 11 is 0. The van der Waals surface area contributed by atoms with E-state index >= 15 is 0 Å². The largest absolute Gasteiger partial charge is 0.417 e. The second kappa shape index (κ2) is 9.21. The van der Waals surface area contributed by atoms with E-state index in [1.165, 1.54) is 6.07 Å². The molecule has 2 unspecified atom stereocenters. The molecular weight excluding hydrogens is 513 g/mol. The number of aliphatic hydroxyl groups is 2. The topological polar surface area (TPSA) is 93.9 Å². The Balaban J connectivity index is 1.45. The first kappa shape index (κ1) is 25.8. The summed E-state index contributed by atoms with van der Waals surface area (Å²) in [7, 11) is 0. The molecule has 5 aliphatic rings. The number of alkyl halides is 3. The van der Waals surface area contributed by atoms with E-state index in [1.807, 2.05) is 0 Å². The summed E-state index contributed by atoms with van der Waals surface area (Å²) in [6.07, 6.45) is -0.234. The predicted octanol–water partition coefficient (Wildman–Crippen LogP) is 5.16. The lowest BCUT2D eigenvalue weighted by molar-refractivity contribution is -0.138. The molecule has 10 heteroatoms. The molecule has 7 nitrogen and oxygen atoms in total. The van der Waals surface area contributed by atoms with Gasteiger partial charge in [-0.25, -0.2) is 0 Å². The highest BCUT2D eigenvalue weighted by molar-refractivity contribution is 5.54.